The summed E-state index contributed by atoms with van der Waals surface area (Å²) in [4.78, 5) is 0. The van der Waals surface area contributed by atoms with Crippen molar-refractivity contribution in [1.29, 1.82) is 0 Å². The first-order valence-corrected chi connectivity index (χ1v) is 6.22. The number of nitrogens with two attached hydrogens (primary N) is 1. The van der Waals surface area contributed by atoms with Crippen LogP contribution in [0.15, 0.2) is 24.3 Å². The Morgan fingerprint density at radius 1 is 0.905 bits per heavy atom. The van der Waals surface area contributed by atoms with Crippen LogP contribution in [0.1, 0.15) is 17.2 Å². The minimum absolute atomic E-state index is 0.126. The Bertz CT molecular complexity index is 660. The van der Waals surface area contributed by atoms with Crippen LogP contribution in [0.25, 0.3) is 0 Å². The molecule has 1 atom stereocenters. The molecule has 0 spiro atoms. The highest BCUT2D eigenvalue weighted by Crippen LogP contribution is 2.28. The van der Waals surface area contributed by atoms with Crippen LogP contribution in [-0.4, -0.2) is 0 Å². The smallest absolute Gasteiger partial charge is 0.200 e. The van der Waals surface area contributed by atoms with Gasteiger partial charge in [-0.05, 0) is 24.1 Å². The lowest BCUT2D eigenvalue weighted by Crippen LogP contribution is -2.20. The highest BCUT2D eigenvalue weighted by atomic mass is 35.5. The highest BCUT2D eigenvalue weighted by Gasteiger charge is 2.28. The topological polar surface area (TPSA) is 26.0 Å². The molecule has 2 aromatic carbocycles. The molecule has 0 fully saturated rings. The zero-order valence-electron chi connectivity index (χ0n) is 10.4. The number of halogens is 6. The highest BCUT2D eigenvalue weighted by molar-refractivity contribution is 6.30. The van der Waals surface area contributed by atoms with Crippen molar-refractivity contribution in [3.8, 4) is 0 Å². The van der Waals surface area contributed by atoms with Crippen LogP contribution in [0.2, 0.25) is 5.02 Å². The Morgan fingerprint density at radius 3 is 1.95 bits per heavy atom. The Morgan fingerprint density at radius 2 is 1.43 bits per heavy atom. The number of benzene rings is 2. The number of hydrogen-bond donors (Lipinski definition) is 1. The molecular formula is C14H9ClF5N. The molecule has 112 valence electrons. The molecule has 0 bridgehead atoms. The van der Waals surface area contributed by atoms with Crippen molar-refractivity contribution >= 4 is 11.6 Å². The maximum Gasteiger partial charge on any atom is 0.200 e. The standard InChI is InChI=1S/C14H9ClF5N/c15-7-3-1-2-6(4-7)5-8(21)9-10(16)12(18)14(20)13(19)11(9)17/h1-4,8H,5,21H2. The van der Waals surface area contributed by atoms with E-state index >= 15 is 0 Å². The molecule has 1 nitrogen and oxygen atoms in total. The van der Waals surface area contributed by atoms with Gasteiger partial charge in [-0.15, -0.1) is 0 Å². The summed E-state index contributed by atoms with van der Waals surface area (Å²) in [6.07, 6.45) is -0.126. The summed E-state index contributed by atoms with van der Waals surface area (Å²) in [7, 11) is 0. The van der Waals surface area contributed by atoms with Gasteiger partial charge >= 0.3 is 0 Å². The van der Waals surface area contributed by atoms with Crippen LogP contribution in [0, 0.1) is 29.1 Å². The molecule has 21 heavy (non-hydrogen) atoms. The van der Waals surface area contributed by atoms with Crippen LogP contribution < -0.4 is 5.73 Å². The molecule has 0 radical (unpaired) electrons. The summed E-state index contributed by atoms with van der Waals surface area (Å²) < 4.78 is 66.4. The number of hydrogen-bond acceptors (Lipinski definition) is 1. The molecule has 7 heteroatoms. The molecule has 0 saturated carbocycles. The summed E-state index contributed by atoms with van der Waals surface area (Å²) in [5.41, 5.74) is 5.06. The second kappa shape index (κ2) is 5.99. The van der Waals surface area contributed by atoms with Gasteiger partial charge in [-0.2, -0.15) is 0 Å². The Labute approximate surface area is 122 Å². The normalized spacial score (nSPS) is 12.5. The first-order valence-electron chi connectivity index (χ1n) is 5.84. The average molecular weight is 322 g/mol. The molecule has 2 aromatic rings. The van der Waals surface area contributed by atoms with E-state index < -0.39 is 40.7 Å². The Balaban J connectivity index is 2.42. The van der Waals surface area contributed by atoms with Gasteiger partial charge in [-0.3, -0.25) is 0 Å². The van der Waals surface area contributed by atoms with Crippen molar-refractivity contribution < 1.29 is 22.0 Å². The quantitative estimate of drug-likeness (QED) is 0.510. The van der Waals surface area contributed by atoms with Crippen LogP contribution >= 0.6 is 11.6 Å². The summed E-state index contributed by atoms with van der Waals surface area (Å²) in [5.74, 6) is -10.1. The van der Waals surface area contributed by atoms with Gasteiger partial charge in [0.15, 0.2) is 23.3 Å². The largest absolute Gasteiger partial charge is 0.323 e. The van der Waals surface area contributed by atoms with Gasteiger partial charge in [-0.25, -0.2) is 22.0 Å². The van der Waals surface area contributed by atoms with Crippen molar-refractivity contribution in [2.75, 3.05) is 0 Å². The second-order valence-electron chi connectivity index (χ2n) is 4.42. The van der Waals surface area contributed by atoms with E-state index in [1.54, 1.807) is 18.2 Å². The van der Waals surface area contributed by atoms with E-state index in [-0.39, 0.29) is 6.42 Å². The molecule has 2 rings (SSSR count). The third kappa shape index (κ3) is 3.01. The van der Waals surface area contributed by atoms with Crippen molar-refractivity contribution in [2.24, 2.45) is 5.73 Å². The molecule has 0 aliphatic heterocycles. The van der Waals surface area contributed by atoms with E-state index in [0.29, 0.717) is 10.6 Å². The number of rotatable bonds is 3. The zero-order chi connectivity index (χ0) is 15.7. The zero-order valence-corrected chi connectivity index (χ0v) is 11.2. The van der Waals surface area contributed by atoms with Gasteiger partial charge in [0.25, 0.3) is 0 Å². The van der Waals surface area contributed by atoms with Gasteiger partial charge < -0.3 is 5.73 Å². The van der Waals surface area contributed by atoms with Gasteiger partial charge in [0.2, 0.25) is 5.82 Å². The third-order valence-electron chi connectivity index (χ3n) is 2.96. The lowest BCUT2D eigenvalue weighted by molar-refractivity contribution is 0.363. The molecule has 2 N–H and O–H groups in total. The van der Waals surface area contributed by atoms with E-state index in [9.17, 15) is 22.0 Å². The predicted molar refractivity (Wildman–Crippen MR) is 68.3 cm³/mol. The minimum Gasteiger partial charge on any atom is -0.323 e. The first-order chi connectivity index (χ1) is 9.82. The third-order valence-corrected chi connectivity index (χ3v) is 3.19. The fourth-order valence-electron chi connectivity index (χ4n) is 1.97. The lowest BCUT2D eigenvalue weighted by Gasteiger charge is -2.15. The summed E-state index contributed by atoms with van der Waals surface area (Å²) >= 11 is 5.75. The van der Waals surface area contributed by atoms with Crippen LogP contribution in [0.4, 0.5) is 22.0 Å². The van der Waals surface area contributed by atoms with Crippen molar-refractivity contribution in [3.05, 3.63) is 69.5 Å². The molecule has 1 unspecified atom stereocenters. The Hall–Kier alpha value is -1.66. The van der Waals surface area contributed by atoms with Crippen molar-refractivity contribution in [3.63, 3.8) is 0 Å². The summed E-state index contributed by atoms with van der Waals surface area (Å²) in [6, 6.07) is 4.84. The second-order valence-corrected chi connectivity index (χ2v) is 4.86. The van der Waals surface area contributed by atoms with E-state index in [1.807, 2.05) is 0 Å². The van der Waals surface area contributed by atoms with Crippen LogP contribution in [0.5, 0.6) is 0 Å². The summed E-state index contributed by atoms with van der Waals surface area (Å²) in [5, 5.41) is 0.372. The fourth-order valence-corrected chi connectivity index (χ4v) is 2.18. The van der Waals surface area contributed by atoms with E-state index in [2.05, 4.69) is 0 Å². The maximum atomic E-state index is 13.6. The van der Waals surface area contributed by atoms with Gasteiger partial charge in [0.1, 0.15) is 0 Å². The van der Waals surface area contributed by atoms with Crippen molar-refractivity contribution in [1.82, 2.24) is 0 Å². The molecule has 0 aromatic heterocycles. The molecule has 0 heterocycles. The molecule has 0 aliphatic carbocycles. The van der Waals surface area contributed by atoms with Gasteiger partial charge in [-0.1, -0.05) is 23.7 Å². The van der Waals surface area contributed by atoms with Gasteiger partial charge in [0.05, 0.1) is 0 Å². The maximum absolute atomic E-state index is 13.6. The minimum atomic E-state index is -2.20. The average Bonchev–Trinajstić information content (AvgIpc) is 2.43. The van der Waals surface area contributed by atoms with E-state index in [0.717, 1.165) is 0 Å². The van der Waals surface area contributed by atoms with E-state index in [1.165, 1.54) is 6.07 Å². The van der Waals surface area contributed by atoms with Gasteiger partial charge in [0, 0.05) is 16.6 Å². The van der Waals surface area contributed by atoms with Crippen LogP contribution in [-0.2, 0) is 6.42 Å². The fraction of sp³-hybridized carbons (Fsp3) is 0.143. The van der Waals surface area contributed by atoms with E-state index in [4.69, 9.17) is 17.3 Å². The SMILES string of the molecule is NC(Cc1cccc(Cl)c1)c1c(F)c(F)c(F)c(F)c1F. The lowest BCUT2D eigenvalue weighted by atomic mass is 9.98. The Kier molecular flexibility index (Phi) is 4.49. The predicted octanol–water partition coefficient (Wildman–Crippen LogP) is 4.28. The molecule has 0 aliphatic rings. The first kappa shape index (κ1) is 15.7. The monoisotopic (exact) mass is 321 g/mol. The summed E-state index contributed by atoms with van der Waals surface area (Å²) in [6.45, 7) is 0. The van der Waals surface area contributed by atoms with Crippen molar-refractivity contribution in [2.45, 2.75) is 12.5 Å². The van der Waals surface area contributed by atoms with Crippen LogP contribution in [0.3, 0.4) is 0 Å². The molecule has 0 amide bonds. The molecular weight excluding hydrogens is 313 g/mol. The molecule has 0 saturated heterocycles.